The SMILES string of the molecule is COC1=C2C(N)=Nc3oc(C(C)(C)C)nc3[C@H]2c2ccc(OC)cc2N1. The quantitative estimate of drug-likeness (QED) is 0.858. The predicted octanol–water partition coefficient (Wildman–Crippen LogP) is 3.40. The third kappa shape index (κ3) is 2.34. The molecule has 4 rings (SSSR count). The molecule has 2 aromatic rings. The topological polar surface area (TPSA) is 94.9 Å². The minimum Gasteiger partial charge on any atom is -0.497 e. The van der Waals surface area contributed by atoms with Crippen molar-refractivity contribution < 1.29 is 13.9 Å². The zero-order valence-corrected chi connectivity index (χ0v) is 15.5. The Morgan fingerprint density at radius 3 is 2.62 bits per heavy atom. The Hall–Kier alpha value is -2.96. The van der Waals surface area contributed by atoms with Crippen LogP contribution in [0.4, 0.5) is 11.6 Å². The van der Waals surface area contributed by atoms with E-state index in [9.17, 15) is 0 Å². The van der Waals surface area contributed by atoms with Gasteiger partial charge in [-0.3, -0.25) is 0 Å². The number of nitrogens with one attached hydrogen (secondary N) is 1. The van der Waals surface area contributed by atoms with Gasteiger partial charge in [-0.1, -0.05) is 26.8 Å². The largest absolute Gasteiger partial charge is 0.497 e. The van der Waals surface area contributed by atoms with E-state index in [2.05, 4.69) is 31.1 Å². The van der Waals surface area contributed by atoms with Crippen LogP contribution < -0.4 is 15.8 Å². The molecule has 2 aliphatic rings. The molecule has 2 aliphatic heterocycles. The van der Waals surface area contributed by atoms with Gasteiger partial charge in [-0.05, 0) is 11.6 Å². The molecule has 7 heteroatoms. The van der Waals surface area contributed by atoms with Crippen molar-refractivity contribution in [3.8, 4) is 5.75 Å². The number of nitrogens with two attached hydrogens (primary N) is 1. The van der Waals surface area contributed by atoms with Crippen molar-refractivity contribution in [2.75, 3.05) is 19.5 Å². The van der Waals surface area contributed by atoms with Crippen LogP contribution in [0.25, 0.3) is 0 Å². The van der Waals surface area contributed by atoms with Crippen LogP contribution in [0.2, 0.25) is 0 Å². The summed E-state index contributed by atoms with van der Waals surface area (Å²) in [6, 6.07) is 5.85. The number of anilines is 1. The Morgan fingerprint density at radius 2 is 1.96 bits per heavy atom. The van der Waals surface area contributed by atoms with Crippen LogP contribution in [0.5, 0.6) is 5.75 Å². The molecule has 0 saturated heterocycles. The molecule has 136 valence electrons. The smallest absolute Gasteiger partial charge is 0.245 e. The summed E-state index contributed by atoms with van der Waals surface area (Å²) in [5, 5.41) is 3.28. The second-order valence-corrected chi connectivity index (χ2v) is 7.41. The number of hydrogen-bond acceptors (Lipinski definition) is 7. The first kappa shape index (κ1) is 16.5. The third-order valence-electron chi connectivity index (χ3n) is 4.60. The van der Waals surface area contributed by atoms with Gasteiger partial charge in [-0.25, -0.2) is 4.98 Å². The van der Waals surface area contributed by atoms with Crippen molar-refractivity contribution in [1.29, 1.82) is 0 Å². The van der Waals surface area contributed by atoms with Gasteiger partial charge >= 0.3 is 0 Å². The first-order valence-electron chi connectivity index (χ1n) is 8.42. The minimum absolute atomic E-state index is 0.209. The van der Waals surface area contributed by atoms with Gasteiger partial charge in [0.1, 0.15) is 17.3 Å². The molecule has 1 aromatic carbocycles. The van der Waals surface area contributed by atoms with Crippen LogP contribution >= 0.6 is 0 Å². The highest BCUT2D eigenvalue weighted by molar-refractivity contribution is 6.04. The van der Waals surface area contributed by atoms with Crippen LogP contribution in [0, 0.1) is 0 Å². The van der Waals surface area contributed by atoms with E-state index in [1.54, 1.807) is 14.2 Å². The molecule has 26 heavy (non-hydrogen) atoms. The van der Waals surface area contributed by atoms with Crippen molar-refractivity contribution in [2.24, 2.45) is 10.7 Å². The van der Waals surface area contributed by atoms with Gasteiger partial charge in [0, 0.05) is 17.2 Å². The highest BCUT2D eigenvalue weighted by atomic mass is 16.5. The fraction of sp³-hybridized carbons (Fsp3) is 0.368. The number of benzene rings is 1. The van der Waals surface area contributed by atoms with E-state index < -0.39 is 0 Å². The molecule has 0 fully saturated rings. The standard InChI is InChI=1S/C19H22N4O3/c1-19(2,3)18-22-14-12-10-7-6-9(24-4)8-11(10)21-16(25-5)13(12)15(20)23-17(14)26-18/h6-8,12,21H,1-5H3,(H2,20,23)/t12-/m0/s1. The summed E-state index contributed by atoms with van der Waals surface area (Å²) in [6.45, 7) is 6.15. The first-order chi connectivity index (χ1) is 12.3. The average Bonchev–Trinajstić information content (AvgIpc) is 3.04. The molecule has 0 amide bonds. The van der Waals surface area contributed by atoms with E-state index in [-0.39, 0.29) is 11.3 Å². The van der Waals surface area contributed by atoms with Crippen molar-refractivity contribution in [3.63, 3.8) is 0 Å². The van der Waals surface area contributed by atoms with Gasteiger partial charge in [-0.15, -0.1) is 0 Å². The molecule has 7 nitrogen and oxygen atoms in total. The number of ether oxygens (including phenoxy) is 2. The van der Waals surface area contributed by atoms with Gasteiger partial charge in [0.25, 0.3) is 0 Å². The molecule has 0 saturated carbocycles. The van der Waals surface area contributed by atoms with Gasteiger partial charge in [-0.2, -0.15) is 4.99 Å². The number of hydrogen-bond donors (Lipinski definition) is 2. The Morgan fingerprint density at radius 1 is 1.19 bits per heavy atom. The lowest BCUT2D eigenvalue weighted by Crippen LogP contribution is -2.31. The summed E-state index contributed by atoms with van der Waals surface area (Å²) in [7, 11) is 3.24. The molecule has 1 aromatic heterocycles. The van der Waals surface area contributed by atoms with Crippen molar-refractivity contribution in [3.05, 3.63) is 46.8 Å². The Balaban J connectivity index is 1.96. The minimum atomic E-state index is -0.231. The first-order valence-corrected chi connectivity index (χ1v) is 8.42. The van der Waals surface area contributed by atoms with Gasteiger partial charge in [0.05, 0.1) is 25.7 Å². The molecule has 0 bridgehead atoms. The van der Waals surface area contributed by atoms with Gasteiger partial charge in [0.2, 0.25) is 11.8 Å². The molecule has 0 unspecified atom stereocenters. The maximum absolute atomic E-state index is 6.26. The Labute approximate surface area is 151 Å². The van der Waals surface area contributed by atoms with Crippen LogP contribution in [-0.2, 0) is 10.2 Å². The highest BCUT2D eigenvalue weighted by Gasteiger charge is 2.40. The molecule has 1 atom stereocenters. The van der Waals surface area contributed by atoms with Crippen LogP contribution in [0.3, 0.4) is 0 Å². The molecule has 3 heterocycles. The van der Waals surface area contributed by atoms with Crippen molar-refractivity contribution in [1.82, 2.24) is 4.98 Å². The second kappa shape index (κ2) is 5.52. The molecule has 3 N–H and O–H groups in total. The Bertz CT molecular complexity index is 950. The number of methoxy groups -OCH3 is 2. The maximum atomic E-state index is 6.26. The van der Waals surface area contributed by atoms with E-state index >= 15 is 0 Å². The molecule has 0 radical (unpaired) electrons. The van der Waals surface area contributed by atoms with Crippen LogP contribution in [0.1, 0.15) is 43.8 Å². The average molecular weight is 354 g/mol. The molecular weight excluding hydrogens is 332 g/mol. The summed E-state index contributed by atoms with van der Waals surface area (Å²) in [6.07, 6.45) is 0. The monoisotopic (exact) mass is 354 g/mol. The maximum Gasteiger partial charge on any atom is 0.245 e. The number of rotatable bonds is 2. The zero-order valence-electron chi connectivity index (χ0n) is 15.5. The van der Waals surface area contributed by atoms with Gasteiger partial charge in [0.15, 0.2) is 5.88 Å². The van der Waals surface area contributed by atoms with E-state index in [0.717, 1.165) is 28.3 Å². The van der Waals surface area contributed by atoms with E-state index in [4.69, 9.17) is 24.6 Å². The summed E-state index contributed by atoms with van der Waals surface area (Å²) in [5.74, 6) is 2.56. The summed E-state index contributed by atoms with van der Waals surface area (Å²) < 4.78 is 16.8. The number of aliphatic imine (C=N–C) groups is 1. The summed E-state index contributed by atoms with van der Waals surface area (Å²) >= 11 is 0. The third-order valence-corrected chi connectivity index (χ3v) is 4.60. The van der Waals surface area contributed by atoms with Crippen LogP contribution in [0.15, 0.2) is 39.1 Å². The fourth-order valence-electron chi connectivity index (χ4n) is 3.29. The number of nitrogens with zero attached hydrogens (tertiary/aromatic N) is 2. The Kier molecular flexibility index (Phi) is 3.50. The number of fused-ring (bicyclic) bond motifs is 5. The molecule has 0 spiro atoms. The fourth-order valence-corrected chi connectivity index (χ4v) is 3.29. The number of aromatic nitrogens is 1. The number of amidine groups is 1. The summed E-state index contributed by atoms with van der Waals surface area (Å²) in [4.78, 5) is 9.20. The lowest BCUT2D eigenvalue weighted by Gasteiger charge is -2.31. The van der Waals surface area contributed by atoms with E-state index in [1.165, 1.54) is 0 Å². The summed E-state index contributed by atoms with van der Waals surface area (Å²) in [5.41, 5.74) is 9.46. The molecule has 0 aliphatic carbocycles. The van der Waals surface area contributed by atoms with E-state index in [1.807, 2.05) is 18.2 Å². The predicted molar refractivity (Wildman–Crippen MR) is 99.0 cm³/mol. The van der Waals surface area contributed by atoms with Crippen molar-refractivity contribution in [2.45, 2.75) is 32.1 Å². The number of oxazole rings is 1. The van der Waals surface area contributed by atoms with Gasteiger partial charge < -0.3 is 24.9 Å². The van der Waals surface area contributed by atoms with Crippen LogP contribution in [-0.4, -0.2) is 25.0 Å². The zero-order chi connectivity index (χ0) is 18.6. The lowest BCUT2D eigenvalue weighted by molar-refractivity contribution is 0.291. The van der Waals surface area contributed by atoms with Crippen molar-refractivity contribution >= 4 is 17.4 Å². The second-order valence-electron chi connectivity index (χ2n) is 7.41. The highest BCUT2D eigenvalue weighted by Crippen LogP contribution is 2.48. The normalized spacial score (nSPS) is 18.3. The lowest BCUT2D eigenvalue weighted by atomic mass is 9.83. The molecular formula is C19H22N4O3. The van der Waals surface area contributed by atoms with E-state index in [0.29, 0.717) is 23.5 Å².